The van der Waals surface area contributed by atoms with Crippen LogP contribution in [0.1, 0.15) is 72.5 Å². The highest BCUT2D eigenvalue weighted by Crippen LogP contribution is 2.36. The Morgan fingerprint density at radius 1 is 1.11 bits per heavy atom. The van der Waals surface area contributed by atoms with E-state index in [1.807, 2.05) is 13.8 Å². The van der Waals surface area contributed by atoms with Crippen molar-refractivity contribution in [1.29, 1.82) is 0 Å². The fraction of sp³-hybridized carbons (Fsp3) is 0.593. The quantitative estimate of drug-likeness (QED) is 0.650. The second-order valence-electron chi connectivity index (χ2n) is 10.9. The van der Waals surface area contributed by atoms with E-state index in [4.69, 9.17) is 4.99 Å². The van der Waals surface area contributed by atoms with E-state index in [0.717, 1.165) is 54.1 Å². The number of carbonyl (C=O) groups excluding carboxylic acids is 2. The molecule has 196 valence electrons. The Morgan fingerprint density at radius 3 is 2.25 bits per heavy atom. The van der Waals surface area contributed by atoms with Gasteiger partial charge in [0.05, 0.1) is 0 Å². The fourth-order valence-electron chi connectivity index (χ4n) is 5.58. The first-order valence-electron chi connectivity index (χ1n) is 12.8. The lowest BCUT2D eigenvalue weighted by molar-refractivity contribution is -0.125. The molecule has 8 nitrogen and oxygen atoms in total. The van der Waals surface area contributed by atoms with Crippen LogP contribution >= 0.6 is 0 Å². The topological polar surface area (TPSA) is 99.2 Å². The number of sulfonamides is 1. The first-order chi connectivity index (χ1) is 16.9. The monoisotopic (exact) mass is 514 g/mol. The number of piperidine rings is 1. The van der Waals surface area contributed by atoms with Crippen molar-refractivity contribution in [3.05, 3.63) is 39.8 Å². The normalized spacial score (nSPS) is 24.7. The Balaban J connectivity index is 1.44. The lowest BCUT2D eigenvalue weighted by Crippen LogP contribution is -2.50. The average molecular weight is 515 g/mol. The highest BCUT2D eigenvalue weighted by molar-refractivity contribution is 7.92. The van der Waals surface area contributed by atoms with Crippen molar-refractivity contribution in [2.45, 2.75) is 64.8 Å². The smallest absolute Gasteiger partial charge is 0.253 e. The Labute approximate surface area is 214 Å². The van der Waals surface area contributed by atoms with Crippen molar-refractivity contribution in [1.82, 2.24) is 14.5 Å². The number of aliphatic imine (C=N–C) groups is 1. The number of aryl methyl sites for hydroxylation is 2. The molecule has 1 aromatic rings. The zero-order valence-corrected chi connectivity index (χ0v) is 22.8. The average Bonchev–Trinajstić information content (AvgIpc) is 3.13. The van der Waals surface area contributed by atoms with Crippen molar-refractivity contribution < 1.29 is 18.0 Å². The van der Waals surface area contributed by atoms with Crippen LogP contribution in [-0.2, 0) is 14.8 Å². The first kappa shape index (κ1) is 26.5. The number of hydrogen-bond acceptors (Lipinski definition) is 5. The summed E-state index contributed by atoms with van der Waals surface area (Å²) in [5.74, 6) is 1.67. The zero-order valence-electron chi connectivity index (χ0n) is 22.0. The lowest BCUT2D eigenvalue weighted by atomic mass is 9.82. The van der Waals surface area contributed by atoms with Crippen molar-refractivity contribution >= 4 is 33.7 Å². The van der Waals surface area contributed by atoms with Crippen LogP contribution in [0.25, 0.3) is 6.08 Å². The zero-order chi connectivity index (χ0) is 26.3. The maximum absolute atomic E-state index is 13.1. The summed E-state index contributed by atoms with van der Waals surface area (Å²) in [7, 11) is -0.257. The third-order valence-corrected chi connectivity index (χ3v) is 9.53. The van der Waals surface area contributed by atoms with Crippen molar-refractivity contribution in [2.75, 3.05) is 27.2 Å². The van der Waals surface area contributed by atoms with E-state index < -0.39 is 15.6 Å². The molecular weight excluding hydrogens is 476 g/mol. The number of rotatable bonds is 5. The van der Waals surface area contributed by atoms with Crippen molar-refractivity contribution in [2.24, 2.45) is 16.8 Å². The predicted molar refractivity (Wildman–Crippen MR) is 142 cm³/mol. The second kappa shape index (κ2) is 10.1. The summed E-state index contributed by atoms with van der Waals surface area (Å²) < 4.78 is 27.7. The molecule has 1 aromatic carbocycles. The summed E-state index contributed by atoms with van der Waals surface area (Å²) in [5, 5.41) is 4.27. The summed E-state index contributed by atoms with van der Waals surface area (Å²) in [4.78, 5) is 31.6. The van der Waals surface area contributed by atoms with Crippen LogP contribution < -0.4 is 5.32 Å². The first-order valence-corrected chi connectivity index (χ1v) is 14.3. The molecule has 2 amide bonds. The summed E-state index contributed by atoms with van der Waals surface area (Å²) in [5.41, 5.74) is 2.20. The number of benzene rings is 1. The van der Waals surface area contributed by atoms with Gasteiger partial charge in [0.25, 0.3) is 11.8 Å². The third kappa shape index (κ3) is 5.27. The molecular formula is C27H38N4O4S. The van der Waals surface area contributed by atoms with Gasteiger partial charge in [0.2, 0.25) is 10.0 Å². The van der Waals surface area contributed by atoms with Gasteiger partial charge in [-0.25, -0.2) is 8.42 Å². The van der Waals surface area contributed by atoms with Gasteiger partial charge < -0.3 is 10.2 Å². The molecule has 1 spiro atoms. The molecule has 4 rings (SSSR count). The molecule has 2 aliphatic heterocycles. The summed E-state index contributed by atoms with van der Waals surface area (Å²) in [6.45, 7) is 6.52. The van der Waals surface area contributed by atoms with Crippen LogP contribution in [0.2, 0.25) is 0 Å². The molecule has 0 bridgehead atoms. The molecule has 0 atom stereocenters. The Hall–Kier alpha value is -2.52. The van der Waals surface area contributed by atoms with E-state index in [1.165, 1.54) is 14.6 Å². The van der Waals surface area contributed by atoms with E-state index in [2.05, 4.69) is 12.2 Å². The van der Waals surface area contributed by atoms with Gasteiger partial charge in [0, 0.05) is 44.1 Å². The van der Waals surface area contributed by atoms with Gasteiger partial charge in [-0.05, 0) is 80.3 Å². The van der Waals surface area contributed by atoms with Gasteiger partial charge in [-0.1, -0.05) is 19.8 Å². The number of nitrogens with zero attached hydrogens (tertiary/aromatic N) is 3. The van der Waals surface area contributed by atoms with Gasteiger partial charge in [0.1, 0.15) is 11.4 Å². The van der Waals surface area contributed by atoms with E-state index in [9.17, 15) is 18.0 Å². The highest BCUT2D eigenvalue weighted by atomic mass is 32.2. The minimum atomic E-state index is -3.66. The summed E-state index contributed by atoms with van der Waals surface area (Å²) >= 11 is 0. The van der Waals surface area contributed by atoms with Gasteiger partial charge in [-0.15, -0.1) is 0 Å². The van der Waals surface area contributed by atoms with Crippen LogP contribution in [0.3, 0.4) is 0 Å². The van der Waals surface area contributed by atoms with Gasteiger partial charge >= 0.3 is 0 Å². The summed E-state index contributed by atoms with van der Waals surface area (Å²) in [6, 6.07) is 3.57. The molecule has 0 aromatic heterocycles. The fourth-order valence-corrected chi connectivity index (χ4v) is 6.75. The van der Waals surface area contributed by atoms with Crippen molar-refractivity contribution in [3.8, 4) is 0 Å². The summed E-state index contributed by atoms with van der Waals surface area (Å²) in [6.07, 6.45) is 6.78. The van der Waals surface area contributed by atoms with Crippen LogP contribution in [0.4, 0.5) is 0 Å². The highest BCUT2D eigenvalue weighted by Gasteiger charge is 2.48. The molecule has 9 heteroatoms. The van der Waals surface area contributed by atoms with Crippen LogP contribution in [0.15, 0.2) is 22.5 Å². The van der Waals surface area contributed by atoms with Gasteiger partial charge in [-0.2, -0.15) is 4.31 Å². The Bertz CT molecular complexity index is 1180. The molecule has 36 heavy (non-hydrogen) atoms. The van der Waals surface area contributed by atoms with Gasteiger partial charge in [-0.3, -0.25) is 14.6 Å². The molecule has 1 N–H and O–H groups in total. The number of carbonyl (C=O) groups is 2. The third-order valence-electron chi connectivity index (χ3n) is 7.96. The van der Waals surface area contributed by atoms with Crippen LogP contribution in [0, 0.1) is 25.7 Å². The minimum Gasteiger partial charge on any atom is -0.345 e. The number of nitrogens with one attached hydrogen (secondary N) is 1. The molecule has 1 saturated carbocycles. The van der Waals surface area contributed by atoms with E-state index in [0.29, 0.717) is 24.3 Å². The second-order valence-corrected chi connectivity index (χ2v) is 12.7. The Kier molecular flexibility index (Phi) is 7.44. The molecule has 2 fully saturated rings. The molecule has 0 radical (unpaired) electrons. The molecule has 0 unspecified atom stereocenters. The van der Waals surface area contributed by atoms with Crippen molar-refractivity contribution in [3.63, 3.8) is 0 Å². The minimum absolute atomic E-state index is 0.0812. The standard InChI is InChI=1S/C27H38N4O4S/c1-18-6-8-21(9-7-18)24-28-26(33)27(29-24)11-13-31(14-12-27)36(34,35)15-10-23-19(2)16-22(17-20(23)3)25(32)30(4)5/h10,15-18,21H,6-9,11-14H2,1-5H3,(H,28,29,33). The van der Waals surface area contributed by atoms with E-state index in [-0.39, 0.29) is 24.9 Å². The largest absolute Gasteiger partial charge is 0.345 e. The molecule has 2 heterocycles. The van der Waals surface area contributed by atoms with E-state index >= 15 is 0 Å². The molecule has 3 aliphatic rings. The molecule has 1 saturated heterocycles. The van der Waals surface area contributed by atoms with Gasteiger partial charge in [0.15, 0.2) is 0 Å². The SMILES string of the molecule is Cc1cc(C(=O)N(C)C)cc(C)c1C=CS(=O)(=O)N1CCC2(CC1)N=C(C1CCC(C)CC1)NC2=O. The number of hydrogen-bond donors (Lipinski definition) is 1. The lowest BCUT2D eigenvalue weighted by Gasteiger charge is -2.34. The number of amides is 2. The van der Waals surface area contributed by atoms with Crippen LogP contribution in [-0.4, -0.2) is 68.0 Å². The van der Waals surface area contributed by atoms with E-state index in [1.54, 1.807) is 32.3 Å². The Morgan fingerprint density at radius 2 is 1.69 bits per heavy atom. The van der Waals surface area contributed by atoms with Crippen LogP contribution in [0.5, 0.6) is 0 Å². The molecule has 1 aliphatic carbocycles. The number of amidine groups is 1. The maximum atomic E-state index is 13.1. The maximum Gasteiger partial charge on any atom is 0.253 e. The predicted octanol–water partition coefficient (Wildman–Crippen LogP) is 3.49.